The molecule has 0 saturated heterocycles. The highest BCUT2D eigenvalue weighted by atomic mass is 16.5. The number of hydrogen-bond donors (Lipinski definition) is 2. The standard InChI is InChI=1S/C18H34O6/c1-15(19)13-21-9-11-23-17(3,4)7-8-18(5,6)24-12-10-22-14-16(2)20/h15-16,19-20H,9-14H2,1-6H3. The van der Waals surface area contributed by atoms with Crippen molar-refractivity contribution in [1.82, 2.24) is 0 Å². The van der Waals surface area contributed by atoms with Crippen molar-refractivity contribution in [3.05, 3.63) is 0 Å². The fourth-order valence-corrected chi connectivity index (χ4v) is 1.59. The molecule has 2 atom stereocenters. The maximum absolute atomic E-state index is 9.09. The Morgan fingerprint density at radius 3 is 1.33 bits per heavy atom. The van der Waals surface area contributed by atoms with E-state index in [1.807, 2.05) is 27.7 Å². The van der Waals surface area contributed by atoms with E-state index in [1.54, 1.807) is 13.8 Å². The molecule has 0 aromatic carbocycles. The van der Waals surface area contributed by atoms with E-state index in [9.17, 15) is 0 Å². The Labute approximate surface area is 146 Å². The van der Waals surface area contributed by atoms with E-state index in [0.717, 1.165) is 0 Å². The third kappa shape index (κ3) is 14.9. The number of hydrogen-bond acceptors (Lipinski definition) is 6. The van der Waals surface area contributed by atoms with Gasteiger partial charge in [-0.25, -0.2) is 0 Å². The molecular formula is C18H34O6. The van der Waals surface area contributed by atoms with Crippen molar-refractivity contribution in [2.24, 2.45) is 0 Å². The summed E-state index contributed by atoms with van der Waals surface area (Å²) >= 11 is 0. The highest BCUT2D eigenvalue weighted by molar-refractivity contribution is 5.18. The fraction of sp³-hybridized carbons (Fsp3) is 0.889. The van der Waals surface area contributed by atoms with Crippen molar-refractivity contribution in [3.8, 4) is 11.8 Å². The summed E-state index contributed by atoms with van der Waals surface area (Å²) in [5.74, 6) is 6.15. The molecule has 6 nitrogen and oxygen atoms in total. The Kier molecular flexibility index (Phi) is 11.5. The summed E-state index contributed by atoms with van der Waals surface area (Å²) in [6.45, 7) is 13.1. The molecule has 0 aliphatic rings. The van der Waals surface area contributed by atoms with E-state index < -0.39 is 23.4 Å². The van der Waals surface area contributed by atoms with Crippen molar-refractivity contribution in [2.45, 2.75) is 65.0 Å². The van der Waals surface area contributed by atoms with Crippen LogP contribution in [0.25, 0.3) is 0 Å². The highest BCUT2D eigenvalue weighted by Crippen LogP contribution is 2.11. The first-order valence-corrected chi connectivity index (χ1v) is 8.38. The van der Waals surface area contributed by atoms with Gasteiger partial charge in [0.05, 0.1) is 51.8 Å². The molecule has 24 heavy (non-hydrogen) atoms. The molecule has 0 radical (unpaired) electrons. The van der Waals surface area contributed by atoms with Gasteiger partial charge in [0.15, 0.2) is 0 Å². The Morgan fingerprint density at radius 2 is 1.04 bits per heavy atom. The zero-order chi connectivity index (χ0) is 18.6. The van der Waals surface area contributed by atoms with Gasteiger partial charge in [0.2, 0.25) is 0 Å². The normalized spacial score (nSPS) is 14.8. The molecule has 0 aliphatic carbocycles. The summed E-state index contributed by atoms with van der Waals surface area (Å²) in [6, 6.07) is 0. The molecule has 0 aromatic rings. The molecule has 2 N–H and O–H groups in total. The van der Waals surface area contributed by atoms with E-state index in [0.29, 0.717) is 39.6 Å². The maximum atomic E-state index is 9.09. The van der Waals surface area contributed by atoms with Crippen LogP contribution in [-0.4, -0.2) is 73.3 Å². The molecule has 6 heteroatoms. The molecule has 0 bridgehead atoms. The third-order valence-corrected chi connectivity index (χ3v) is 2.76. The van der Waals surface area contributed by atoms with Crippen molar-refractivity contribution in [3.63, 3.8) is 0 Å². The molecule has 0 amide bonds. The third-order valence-electron chi connectivity index (χ3n) is 2.76. The molecule has 0 heterocycles. The Morgan fingerprint density at radius 1 is 0.708 bits per heavy atom. The lowest BCUT2D eigenvalue weighted by Crippen LogP contribution is -2.29. The van der Waals surface area contributed by atoms with Crippen molar-refractivity contribution in [1.29, 1.82) is 0 Å². The molecule has 142 valence electrons. The van der Waals surface area contributed by atoms with Crippen LogP contribution in [0.4, 0.5) is 0 Å². The zero-order valence-corrected chi connectivity index (χ0v) is 15.9. The molecule has 0 saturated carbocycles. The first-order valence-electron chi connectivity index (χ1n) is 8.38. The molecule has 0 fully saturated rings. The number of rotatable bonds is 12. The summed E-state index contributed by atoms with van der Waals surface area (Å²) in [5, 5.41) is 18.2. The van der Waals surface area contributed by atoms with Crippen LogP contribution in [0, 0.1) is 11.8 Å². The first-order chi connectivity index (χ1) is 11.0. The second kappa shape index (κ2) is 11.8. The van der Waals surface area contributed by atoms with Crippen LogP contribution < -0.4 is 0 Å². The summed E-state index contributed by atoms with van der Waals surface area (Å²) < 4.78 is 21.9. The van der Waals surface area contributed by atoms with Crippen LogP contribution in [0.15, 0.2) is 0 Å². The molecule has 2 unspecified atom stereocenters. The molecule has 0 rings (SSSR count). The van der Waals surface area contributed by atoms with Gasteiger partial charge in [-0.15, -0.1) is 0 Å². The monoisotopic (exact) mass is 346 g/mol. The SMILES string of the molecule is CC(O)COCCOC(C)(C)C#CC(C)(C)OCCOCC(C)O. The average molecular weight is 346 g/mol. The van der Waals surface area contributed by atoms with E-state index >= 15 is 0 Å². The molecule has 0 aliphatic heterocycles. The smallest absolute Gasteiger partial charge is 0.123 e. The maximum Gasteiger partial charge on any atom is 0.123 e. The lowest BCUT2D eigenvalue weighted by Gasteiger charge is -2.22. The minimum absolute atomic E-state index is 0.299. The average Bonchev–Trinajstić information content (AvgIpc) is 2.44. The second-order valence-electron chi connectivity index (χ2n) is 6.82. The minimum Gasteiger partial charge on any atom is -0.391 e. The largest absolute Gasteiger partial charge is 0.391 e. The van der Waals surface area contributed by atoms with E-state index in [2.05, 4.69) is 11.8 Å². The van der Waals surface area contributed by atoms with Gasteiger partial charge < -0.3 is 29.2 Å². The van der Waals surface area contributed by atoms with Gasteiger partial charge in [0.1, 0.15) is 11.2 Å². The van der Waals surface area contributed by atoms with E-state index in [-0.39, 0.29) is 0 Å². The van der Waals surface area contributed by atoms with Crippen molar-refractivity contribution >= 4 is 0 Å². The van der Waals surface area contributed by atoms with Crippen molar-refractivity contribution < 1.29 is 29.2 Å². The summed E-state index contributed by atoms with van der Waals surface area (Å²) in [7, 11) is 0. The Bertz CT molecular complexity index is 345. The lowest BCUT2D eigenvalue weighted by atomic mass is 10.1. The van der Waals surface area contributed by atoms with Gasteiger partial charge in [-0.2, -0.15) is 0 Å². The number of ether oxygens (including phenoxy) is 4. The van der Waals surface area contributed by atoms with Crippen molar-refractivity contribution in [2.75, 3.05) is 39.6 Å². The summed E-state index contributed by atoms with van der Waals surface area (Å²) in [5.41, 5.74) is -1.23. The van der Waals surface area contributed by atoms with Gasteiger partial charge >= 0.3 is 0 Å². The number of aliphatic hydroxyl groups excluding tert-OH is 2. The lowest BCUT2D eigenvalue weighted by molar-refractivity contribution is -0.0332. The Balaban J connectivity index is 4.09. The van der Waals surface area contributed by atoms with Gasteiger partial charge in [0.25, 0.3) is 0 Å². The van der Waals surface area contributed by atoms with Crippen LogP contribution >= 0.6 is 0 Å². The molecular weight excluding hydrogens is 312 g/mol. The summed E-state index contributed by atoms with van der Waals surface area (Å²) in [4.78, 5) is 0. The van der Waals surface area contributed by atoms with E-state index in [1.165, 1.54) is 0 Å². The van der Waals surface area contributed by atoms with E-state index in [4.69, 9.17) is 29.2 Å². The van der Waals surface area contributed by atoms with Crippen LogP contribution in [-0.2, 0) is 18.9 Å². The number of aliphatic hydroxyl groups is 2. The first kappa shape index (κ1) is 23.3. The zero-order valence-electron chi connectivity index (χ0n) is 15.9. The van der Waals surface area contributed by atoms with Crippen LogP contribution in [0.5, 0.6) is 0 Å². The van der Waals surface area contributed by atoms with Crippen LogP contribution in [0.1, 0.15) is 41.5 Å². The Hall–Kier alpha value is -0.680. The second-order valence-corrected chi connectivity index (χ2v) is 6.82. The predicted octanol–water partition coefficient (Wildman–Crippen LogP) is 1.38. The van der Waals surface area contributed by atoms with Gasteiger partial charge in [-0.05, 0) is 41.5 Å². The molecule has 0 aromatic heterocycles. The minimum atomic E-state index is -0.613. The quantitative estimate of drug-likeness (QED) is 0.411. The van der Waals surface area contributed by atoms with Gasteiger partial charge in [-0.1, -0.05) is 11.8 Å². The fourth-order valence-electron chi connectivity index (χ4n) is 1.59. The van der Waals surface area contributed by atoms with Crippen LogP contribution in [0.3, 0.4) is 0 Å². The summed E-state index contributed by atoms with van der Waals surface area (Å²) in [6.07, 6.45) is -0.944. The van der Waals surface area contributed by atoms with Crippen LogP contribution in [0.2, 0.25) is 0 Å². The van der Waals surface area contributed by atoms with Gasteiger partial charge in [-0.3, -0.25) is 0 Å². The topological polar surface area (TPSA) is 77.4 Å². The molecule has 0 spiro atoms. The predicted molar refractivity (Wildman–Crippen MR) is 92.8 cm³/mol. The highest BCUT2D eigenvalue weighted by Gasteiger charge is 2.19. The van der Waals surface area contributed by atoms with Gasteiger partial charge in [0, 0.05) is 0 Å².